The number of thioether (sulfide) groups is 1. The zero-order valence-corrected chi connectivity index (χ0v) is 23.4. The summed E-state index contributed by atoms with van der Waals surface area (Å²) in [6.07, 6.45) is 0. The van der Waals surface area contributed by atoms with Crippen molar-refractivity contribution in [2.45, 2.75) is 27.7 Å². The van der Waals surface area contributed by atoms with Crippen molar-refractivity contribution in [1.82, 2.24) is 9.21 Å². The molecule has 1 aliphatic rings. The number of sulfonamides is 1. The molecule has 192 valence electrons. The molecule has 6 nitrogen and oxygen atoms in total. The van der Waals surface area contributed by atoms with Gasteiger partial charge in [0.1, 0.15) is 0 Å². The molecule has 36 heavy (non-hydrogen) atoms. The molecule has 0 amide bonds. The van der Waals surface area contributed by atoms with Crippen molar-refractivity contribution >= 4 is 50.0 Å². The Labute approximate surface area is 226 Å². The standard InChI is InChI=1S/C26H30N2O4S4/c1-21(20-34-26(29)25-8-5-19-33-25)28(14-13-27-15-17-32-18-16-27)36(30,31)24-11-9-23(10-12-24)35-22-6-3-2-4-7-22/h2-12,19,21H,13-18,20H2,1H3/t21-/m1/s1. The number of nitrogens with zero attached hydrogens (tertiary/aromatic N) is 2. The Bertz CT molecular complexity index is 1200. The Morgan fingerprint density at radius 2 is 1.72 bits per heavy atom. The second kappa shape index (κ2) is 13.2. The highest BCUT2D eigenvalue weighted by atomic mass is 32.2. The topological polar surface area (TPSA) is 66.9 Å². The summed E-state index contributed by atoms with van der Waals surface area (Å²) in [5.74, 6) is 0.390. The molecule has 10 heteroatoms. The Balaban J connectivity index is 1.48. The van der Waals surface area contributed by atoms with E-state index >= 15 is 0 Å². The van der Waals surface area contributed by atoms with Gasteiger partial charge in [0.2, 0.25) is 15.1 Å². The van der Waals surface area contributed by atoms with Crippen LogP contribution >= 0.6 is 34.9 Å². The number of hydrogen-bond acceptors (Lipinski definition) is 8. The van der Waals surface area contributed by atoms with Gasteiger partial charge in [-0.25, -0.2) is 8.42 Å². The number of benzene rings is 2. The van der Waals surface area contributed by atoms with Crippen molar-refractivity contribution in [1.29, 1.82) is 0 Å². The first-order chi connectivity index (χ1) is 17.4. The molecule has 0 bridgehead atoms. The largest absolute Gasteiger partial charge is 0.379 e. The lowest BCUT2D eigenvalue weighted by atomic mass is 10.3. The maximum absolute atomic E-state index is 13.8. The normalized spacial score (nSPS) is 15.7. The van der Waals surface area contributed by atoms with Crippen LogP contribution in [0.3, 0.4) is 0 Å². The van der Waals surface area contributed by atoms with Crippen molar-refractivity contribution in [3.05, 3.63) is 77.0 Å². The van der Waals surface area contributed by atoms with Crippen LogP contribution in [0.15, 0.2) is 86.8 Å². The highest BCUT2D eigenvalue weighted by Gasteiger charge is 2.30. The first-order valence-electron chi connectivity index (χ1n) is 11.8. The van der Waals surface area contributed by atoms with Gasteiger partial charge in [-0.2, -0.15) is 4.31 Å². The quantitative estimate of drug-likeness (QED) is 0.319. The predicted molar refractivity (Wildman–Crippen MR) is 149 cm³/mol. The van der Waals surface area contributed by atoms with E-state index in [4.69, 9.17) is 4.74 Å². The summed E-state index contributed by atoms with van der Waals surface area (Å²) < 4.78 is 34.5. The maximum Gasteiger partial charge on any atom is 0.243 e. The molecule has 0 unspecified atom stereocenters. The van der Waals surface area contributed by atoms with Crippen molar-refractivity contribution in [3.8, 4) is 0 Å². The fraction of sp³-hybridized carbons (Fsp3) is 0.346. The first kappa shape index (κ1) is 27.4. The average molecular weight is 563 g/mol. The van der Waals surface area contributed by atoms with E-state index in [9.17, 15) is 13.2 Å². The van der Waals surface area contributed by atoms with Gasteiger partial charge >= 0.3 is 0 Å². The molecule has 1 fully saturated rings. The van der Waals surface area contributed by atoms with Gasteiger partial charge in [-0.15, -0.1) is 11.3 Å². The summed E-state index contributed by atoms with van der Waals surface area (Å²) in [6.45, 7) is 5.77. The molecule has 1 aliphatic heterocycles. The zero-order chi connectivity index (χ0) is 25.4. The summed E-state index contributed by atoms with van der Waals surface area (Å²) in [5, 5.41) is 1.85. The van der Waals surface area contributed by atoms with Crippen LogP contribution in [0.25, 0.3) is 0 Å². The summed E-state index contributed by atoms with van der Waals surface area (Å²) >= 11 is 4.17. The van der Waals surface area contributed by atoms with Gasteiger partial charge < -0.3 is 4.74 Å². The second-order valence-corrected chi connectivity index (χ2v) is 13.4. The van der Waals surface area contributed by atoms with Gasteiger partial charge in [0, 0.05) is 47.8 Å². The van der Waals surface area contributed by atoms with Crippen LogP contribution in [-0.4, -0.2) is 73.9 Å². The molecule has 1 aromatic heterocycles. The van der Waals surface area contributed by atoms with Gasteiger partial charge in [-0.1, -0.05) is 47.8 Å². The molecule has 1 saturated heterocycles. The Morgan fingerprint density at radius 3 is 2.39 bits per heavy atom. The van der Waals surface area contributed by atoms with E-state index in [1.807, 2.05) is 60.8 Å². The molecule has 0 aliphatic carbocycles. The summed E-state index contributed by atoms with van der Waals surface area (Å²) in [7, 11) is -3.75. The number of carbonyl (C=O) groups excluding carboxylic acids is 1. The van der Waals surface area contributed by atoms with Gasteiger partial charge in [0.15, 0.2) is 0 Å². The van der Waals surface area contributed by atoms with Crippen molar-refractivity contribution in [2.75, 3.05) is 45.1 Å². The van der Waals surface area contributed by atoms with Crippen LogP contribution in [0.5, 0.6) is 0 Å². The lowest BCUT2D eigenvalue weighted by Crippen LogP contribution is -2.46. The minimum atomic E-state index is -3.75. The fourth-order valence-electron chi connectivity index (χ4n) is 3.83. The van der Waals surface area contributed by atoms with E-state index in [-0.39, 0.29) is 16.1 Å². The Hall–Kier alpha value is -1.66. The van der Waals surface area contributed by atoms with Crippen LogP contribution < -0.4 is 0 Å². The molecule has 1 atom stereocenters. The molecular weight excluding hydrogens is 533 g/mol. The number of carbonyl (C=O) groups is 1. The summed E-state index contributed by atoms with van der Waals surface area (Å²) in [4.78, 5) is 17.8. The number of hydrogen-bond donors (Lipinski definition) is 0. The first-order valence-corrected chi connectivity index (χ1v) is 15.9. The highest BCUT2D eigenvalue weighted by molar-refractivity contribution is 8.14. The maximum atomic E-state index is 13.8. The Morgan fingerprint density at radius 1 is 1.03 bits per heavy atom. The molecule has 0 saturated carbocycles. The minimum Gasteiger partial charge on any atom is -0.379 e. The third kappa shape index (κ3) is 7.44. The predicted octanol–water partition coefficient (Wildman–Crippen LogP) is 5.18. The van der Waals surface area contributed by atoms with E-state index < -0.39 is 10.0 Å². The summed E-state index contributed by atoms with van der Waals surface area (Å²) in [5.41, 5.74) is 0. The van der Waals surface area contributed by atoms with Crippen LogP contribution in [0.1, 0.15) is 16.6 Å². The molecule has 2 heterocycles. The van der Waals surface area contributed by atoms with Crippen molar-refractivity contribution < 1.29 is 17.9 Å². The van der Waals surface area contributed by atoms with Crippen LogP contribution in [-0.2, 0) is 14.8 Å². The van der Waals surface area contributed by atoms with Gasteiger partial charge in [0.25, 0.3) is 0 Å². The Kier molecular flexibility index (Phi) is 10.1. The molecule has 0 spiro atoms. The summed E-state index contributed by atoms with van der Waals surface area (Å²) in [6, 6.07) is 20.4. The molecule has 0 N–H and O–H groups in total. The molecule has 3 aromatic rings. The fourth-order valence-corrected chi connectivity index (χ4v) is 8.04. The second-order valence-electron chi connectivity index (χ2n) is 8.38. The SMILES string of the molecule is C[C@H](CSC(=O)c1cccs1)N(CCN1CCOCC1)S(=O)(=O)c1ccc(Sc2ccccc2)cc1. The van der Waals surface area contributed by atoms with Gasteiger partial charge in [0.05, 0.1) is 23.0 Å². The van der Waals surface area contributed by atoms with E-state index in [1.165, 1.54) is 23.1 Å². The lowest BCUT2D eigenvalue weighted by Gasteiger charge is -2.32. The van der Waals surface area contributed by atoms with Gasteiger partial charge in [-0.05, 0) is 54.8 Å². The molecular formula is C26H30N2O4S4. The third-order valence-corrected chi connectivity index (χ3v) is 11.0. The smallest absolute Gasteiger partial charge is 0.243 e. The lowest BCUT2D eigenvalue weighted by molar-refractivity contribution is 0.0357. The van der Waals surface area contributed by atoms with E-state index in [0.717, 1.165) is 22.9 Å². The van der Waals surface area contributed by atoms with E-state index in [1.54, 1.807) is 34.3 Å². The van der Waals surface area contributed by atoms with Crippen molar-refractivity contribution in [2.24, 2.45) is 0 Å². The number of ether oxygens (including phenoxy) is 1. The monoisotopic (exact) mass is 562 g/mol. The number of thiophene rings is 1. The molecule has 2 aromatic carbocycles. The zero-order valence-electron chi connectivity index (χ0n) is 20.1. The van der Waals surface area contributed by atoms with E-state index in [2.05, 4.69) is 4.90 Å². The third-order valence-electron chi connectivity index (χ3n) is 5.82. The van der Waals surface area contributed by atoms with Crippen LogP contribution in [0.2, 0.25) is 0 Å². The highest BCUT2D eigenvalue weighted by Crippen LogP contribution is 2.29. The molecule has 0 radical (unpaired) electrons. The van der Waals surface area contributed by atoms with Crippen LogP contribution in [0.4, 0.5) is 0 Å². The van der Waals surface area contributed by atoms with Gasteiger partial charge in [-0.3, -0.25) is 9.69 Å². The molecule has 4 rings (SSSR count). The van der Waals surface area contributed by atoms with E-state index in [0.29, 0.717) is 36.9 Å². The number of rotatable bonds is 11. The van der Waals surface area contributed by atoms with Crippen LogP contribution in [0, 0.1) is 0 Å². The average Bonchev–Trinajstić information content (AvgIpc) is 3.44. The van der Waals surface area contributed by atoms with Crippen molar-refractivity contribution in [3.63, 3.8) is 0 Å². The minimum absolute atomic E-state index is 0.0235. The number of morpholine rings is 1.